The van der Waals surface area contributed by atoms with Crippen LogP contribution in [0.5, 0.6) is 5.75 Å². The molecule has 0 aliphatic carbocycles. The van der Waals surface area contributed by atoms with E-state index < -0.39 is 0 Å². The number of imidazole rings is 1. The molecule has 0 atom stereocenters. The second kappa shape index (κ2) is 8.78. The Bertz CT molecular complexity index is 1000. The zero-order chi connectivity index (χ0) is 21.1. The van der Waals surface area contributed by atoms with E-state index in [1.807, 2.05) is 40.0 Å². The second-order valence-corrected chi connectivity index (χ2v) is 8.42. The molecule has 6 heteroatoms. The number of amides is 2. The van der Waals surface area contributed by atoms with Gasteiger partial charge in [-0.25, -0.2) is 9.78 Å². The molecular formula is C24H30N4O2. The predicted molar refractivity (Wildman–Crippen MR) is 119 cm³/mol. The summed E-state index contributed by atoms with van der Waals surface area (Å²) in [5.41, 5.74) is 4.49. The Balaban J connectivity index is 1.34. The number of carbonyl (C=O) groups excluding carboxylic acids is 1. The third-order valence-corrected chi connectivity index (χ3v) is 5.67. The Labute approximate surface area is 177 Å². The Kier molecular flexibility index (Phi) is 5.93. The lowest BCUT2D eigenvalue weighted by Gasteiger charge is -2.32. The highest BCUT2D eigenvalue weighted by Crippen LogP contribution is 2.28. The molecule has 1 aliphatic heterocycles. The van der Waals surface area contributed by atoms with E-state index in [0.29, 0.717) is 12.5 Å². The van der Waals surface area contributed by atoms with Crippen molar-refractivity contribution >= 4 is 11.7 Å². The minimum Gasteiger partial charge on any atom is -0.490 e. The van der Waals surface area contributed by atoms with Crippen molar-refractivity contribution in [2.24, 2.45) is 5.92 Å². The molecular weight excluding hydrogens is 376 g/mol. The van der Waals surface area contributed by atoms with Gasteiger partial charge >= 0.3 is 6.03 Å². The second-order valence-electron chi connectivity index (χ2n) is 8.42. The van der Waals surface area contributed by atoms with Crippen molar-refractivity contribution in [3.05, 3.63) is 54.5 Å². The van der Waals surface area contributed by atoms with Crippen LogP contribution >= 0.6 is 0 Å². The van der Waals surface area contributed by atoms with Crippen molar-refractivity contribution in [1.29, 1.82) is 0 Å². The maximum Gasteiger partial charge on any atom is 0.317 e. The van der Waals surface area contributed by atoms with Gasteiger partial charge in [-0.2, -0.15) is 0 Å². The molecule has 1 N–H and O–H groups in total. The lowest BCUT2D eigenvalue weighted by molar-refractivity contribution is 0.111. The first kappa shape index (κ1) is 20.3. The van der Waals surface area contributed by atoms with Gasteiger partial charge in [0.05, 0.1) is 0 Å². The molecule has 0 saturated carbocycles. The van der Waals surface area contributed by atoms with E-state index in [0.717, 1.165) is 42.9 Å². The average molecular weight is 407 g/mol. The largest absolute Gasteiger partial charge is 0.490 e. The zero-order valence-electron chi connectivity index (χ0n) is 18.0. The standard InChI is InChI=1S/C24H30N4O2/c1-17(2)16-26-24(29)28-12-8-21(9-13-28)30-20-6-4-19(5-7-20)22-10-14-27-15-11-25-23(27)18(22)3/h4-7,10-11,14-15,17,21H,8-9,12-13,16H2,1-3H3,(H,26,29). The SMILES string of the molecule is Cc1c(-c2ccc(OC3CCN(C(=O)NCC(C)C)CC3)cc2)ccn2ccnc12. The fraction of sp³-hybridized carbons (Fsp3) is 0.417. The lowest BCUT2D eigenvalue weighted by atomic mass is 10.0. The molecule has 2 aromatic heterocycles. The van der Waals surface area contributed by atoms with E-state index in [1.165, 1.54) is 11.1 Å². The molecule has 1 aromatic carbocycles. The van der Waals surface area contributed by atoms with E-state index in [1.54, 1.807) is 0 Å². The highest BCUT2D eigenvalue weighted by Gasteiger charge is 2.24. The molecule has 1 aliphatic rings. The summed E-state index contributed by atoms with van der Waals surface area (Å²) in [6, 6.07) is 10.4. The molecule has 0 spiro atoms. The number of hydrogen-bond acceptors (Lipinski definition) is 3. The molecule has 0 radical (unpaired) electrons. The van der Waals surface area contributed by atoms with E-state index in [4.69, 9.17) is 4.74 Å². The van der Waals surface area contributed by atoms with E-state index in [-0.39, 0.29) is 12.1 Å². The minimum absolute atomic E-state index is 0.0383. The van der Waals surface area contributed by atoms with Crippen LogP contribution in [-0.2, 0) is 0 Å². The Morgan fingerprint density at radius 1 is 1.17 bits per heavy atom. The van der Waals surface area contributed by atoms with Crippen molar-refractivity contribution < 1.29 is 9.53 Å². The van der Waals surface area contributed by atoms with Crippen molar-refractivity contribution in [2.45, 2.75) is 39.7 Å². The number of aromatic nitrogens is 2. The van der Waals surface area contributed by atoms with Crippen LogP contribution in [0.15, 0.2) is 48.9 Å². The van der Waals surface area contributed by atoms with E-state index >= 15 is 0 Å². The van der Waals surface area contributed by atoms with E-state index in [2.05, 4.69) is 49.3 Å². The number of likely N-dealkylation sites (tertiary alicyclic amines) is 1. The molecule has 0 unspecified atom stereocenters. The molecule has 6 nitrogen and oxygen atoms in total. The summed E-state index contributed by atoms with van der Waals surface area (Å²) in [6.45, 7) is 8.49. The first-order valence-corrected chi connectivity index (χ1v) is 10.7. The molecule has 158 valence electrons. The third kappa shape index (κ3) is 4.42. The van der Waals surface area contributed by atoms with Crippen molar-refractivity contribution in [3.8, 4) is 16.9 Å². The van der Waals surface area contributed by atoms with Gasteiger partial charge in [0.25, 0.3) is 0 Å². The molecule has 3 aromatic rings. The smallest absolute Gasteiger partial charge is 0.317 e. The highest BCUT2D eigenvalue weighted by atomic mass is 16.5. The summed E-state index contributed by atoms with van der Waals surface area (Å²) < 4.78 is 8.22. The van der Waals surface area contributed by atoms with Gasteiger partial charge in [-0.05, 0) is 42.2 Å². The van der Waals surface area contributed by atoms with Gasteiger partial charge in [0, 0.05) is 56.6 Å². The van der Waals surface area contributed by atoms with Gasteiger partial charge in [-0.1, -0.05) is 26.0 Å². The van der Waals surface area contributed by atoms with Gasteiger partial charge in [-0.15, -0.1) is 0 Å². The van der Waals surface area contributed by atoms with Crippen LogP contribution < -0.4 is 10.1 Å². The number of urea groups is 1. The van der Waals surface area contributed by atoms with Gasteiger partial charge in [0.1, 0.15) is 17.5 Å². The van der Waals surface area contributed by atoms with Gasteiger partial charge in [-0.3, -0.25) is 0 Å². The first-order valence-electron chi connectivity index (χ1n) is 10.7. The maximum atomic E-state index is 12.2. The molecule has 4 rings (SSSR count). The summed E-state index contributed by atoms with van der Waals surface area (Å²) in [4.78, 5) is 18.5. The van der Waals surface area contributed by atoms with Crippen molar-refractivity contribution in [2.75, 3.05) is 19.6 Å². The number of carbonyl (C=O) groups is 1. The van der Waals surface area contributed by atoms with Gasteiger partial charge in [0.15, 0.2) is 0 Å². The number of ether oxygens (including phenoxy) is 1. The minimum atomic E-state index is 0.0383. The topological polar surface area (TPSA) is 58.9 Å². The van der Waals surface area contributed by atoms with Crippen LogP contribution in [0.2, 0.25) is 0 Å². The fourth-order valence-electron chi connectivity index (χ4n) is 3.92. The molecule has 1 fully saturated rings. The molecule has 3 heterocycles. The number of rotatable bonds is 5. The number of hydrogen-bond donors (Lipinski definition) is 1. The quantitative estimate of drug-likeness (QED) is 0.678. The van der Waals surface area contributed by atoms with Crippen LogP contribution in [-0.4, -0.2) is 46.1 Å². The van der Waals surface area contributed by atoms with Crippen molar-refractivity contribution in [3.63, 3.8) is 0 Å². The molecule has 30 heavy (non-hydrogen) atoms. The Morgan fingerprint density at radius 3 is 2.60 bits per heavy atom. The predicted octanol–water partition coefficient (Wildman–Crippen LogP) is 4.52. The average Bonchev–Trinajstić information content (AvgIpc) is 3.23. The Morgan fingerprint density at radius 2 is 1.90 bits per heavy atom. The summed E-state index contributed by atoms with van der Waals surface area (Å²) in [5.74, 6) is 1.34. The van der Waals surface area contributed by atoms with Crippen molar-refractivity contribution in [1.82, 2.24) is 19.6 Å². The highest BCUT2D eigenvalue weighted by molar-refractivity contribution is 5.74. The number of nitrogens with zero attached hydrogens (tertiary/aromatic N) is 3. The Hall–Kier alpha value is -3.02. The number of piperidine rings is 1. The summed E-state index contributed by atoms with van der Waals surface area (Å²) in [5, 5.41) is 2.99. The normalized spacial score (nSPS) is 15.0. The van der Waals surface area contributed by atoms with Crippen LogP contribution in [0.1, 0.15) is 32.3 Å². The number of benzene rings is 1. The summed E-state index contributed by atoms with van der Waals surface area (Å²) in [6.07, 6.45) is 7.68. The third-order valence-electron chi connectivity index (χ3n) is 5.67. The van der Waals surface area contributed by atoms with E-state index in [9.17, 15) is 4.79 Å². The monoisotopic (exact) mass is 406 g/mol. The molecule has 1 saturated heterocycles. The van der Waals surface area contributed by atoms with Crippen LogP contribution in [0.25, 0.3) is 16.8 Å². The summed E-state index contributed by atoms with van der Waals surface area (Å²) >= 11 is 0. The van der Waals surface area contributed by atoms with Gasteiger partial charge in [0.2, 0.25) is 0 Å². The first-order chi connectivity index (χ1) is 14.5. The van der Waals surface area contributed by atoms with Crippen LogP contribution in [0, 0.1) is 12.8 Å². The number of nitrogens with one attached hydrogen (secondary N) is 1. The van der Waals surface area contributed by atoms with Crippen LogP contribution in [0.3, 0.4) is 0 Å². The zero-order valence-corrected chi connectivity index (χ0v) is 18.0. The number of pyridine rings is 1. The maximum absolute atomic E-state index is 12.2. The lowest BCUT2D eigenvalue weighted by Crippen LogP contribution is -2.47. The summed E-state index contributed by atoms with van der Waals surface area (Å²) in [7, 11) is 0. The molecule has 2 amide bonds. The van der Waals surface area contributed by atoms with Crippen LogP contribution in [0.4, 0.5) is 4.79 Å². The van der Waals surface area contributed by atoms with Gasteiger partial charge < -0.3 is 19.4 Å². The molecule has 0 bridgehead atoms. The fourth-order valence-corrected chi connectivity index (χ4v) is 3.92. The number of fused-ring (bicyclic) bond motifs is 1. The number of aryl methyl sites for hydroxylation is 1.